The molecule has 116 valence electrons. The summed E-state index contributed by atoms with van der Waals surface area (Å²) in [5.41, 5.74) is 0.862. The Hall–Kier alpha value is -1.30. The Bertz CT molecular complexity index is 475. The van der Waals surface area contributed by atoms with Gasteiger partial charge in [-0.05, 0) is 50.6 Å². The smallest absolute Gasteiger partial charge is 0.231 e. The number of aliphatic hydroxyl groups is 1. The summed E-state index contributed by atoms with van der Waals surface area (Å²) >= 11 is 0. The molecule has 0 bridgehead atoms. The van der Waals surface area contributed by atoms with E-state index in [0.29, 0.717) is 12.6 Å². The van der Waals surface area contributed by atoms with Crippen molar-refractivity contribution in [3.8, 4) is 11.5 Å². The third-order valence-electron chi connectivity index (χ3n) is 4.32. The zero-order chi connectivity index (χ0) is 14.7. The van der Waals surface area contributed by atoms with Gasteiger partial charge in [0.2, 0.25) is 6.79 Å². The van der Waals surface area contributed by atoms with Crippen LogP contribution in [-0.4, -0.2) is 49.0 Å². The van der Waals surface area contributed by atoms with Crippen molar-refractivity contribution in [3.63, 3.8) is 0 Å². The molecular formula is C16H24N2O3. The quantitative estimate of drug-likeness (QED) is 0.832. The maximum atomic E-state index is 10.3. The fourth-order valence-corrected chi connectivity index (χ4v) is 2.98. The van der Waals surface area contributed by atoms with Crippen molar-refractivity contribution in [2.75, 3.05) is 33.0 Å². The lowest BCUT2D eigenvalue weighted by atomic mass is 10.1. The van der Waals surface area contributed by atoms with E-state index < -0.39 is 6.10 Å². The maximum Gasteiger partial charge on any atom is 0.231 e. The second kappa shape index (κ2) is 6.64. The Balaban J connectivity index is 1.46. The van der Waals surface area contributed by atoms with E-state index >= 15 is 0 Å². The summed E-state index contributed by atoms with van der Waals surface area (Å²) in [6.07, 6.45) is 2.10. The second-order valence-corrected chi connectivity index (χ2v) is 5.88. The molecule has 2 N–H and O–H groups in total. The minimum atomic E-state index is -0.523. The molecule has 0 aliphatic carbocycles. The molecule has 1 fully saturated rings. The zero-order valence-electron chi connectivity index (χ0n) is 12.5. The topological polar surface area (TPSA) is 54.0 Å². The molecule has 2 aliphatic rings. The average Bonchev–Trinajstić information content (AvgIpc) is 3.17. The molecule has 2 unspecified atom stereocenters. The van der Waals surface area contributed by atoms with Crippen LogP contribution in [0.2, 0.25) is 0 Å². The fourth-order valence-electron chi connectivity index (χ4n) is 2.98. The highest BCUT2D eigenvalue weighted by molar-refractivity contribution is 5.45. The molecular weight excluding hydrogens is 268 g/mol. The highest BCUT2D eigenvalue weighted by atomic mass is 16.7. The molecule has 1 aromatic rings. The van der Waals surface area contributed by atoms with E-state index in [1.807, 2.05) is 18.2 Å². The van der Waals surface area contributed by atoms with Crippen LogP contribution in [0, 0.1) is 0 Å². The molecule has 0 amide bonds. The number of hydrogen-bond acceptors (Lipinski definition) is 5. The van der Waals surface area contributed by atoms with Crippen LogP contribution in [0.4, 0.5) is 0 Å². The van der Waals surface area contributed by atoms with Crippen LogP contribution in [-0.2, 0) is 0 Å². The van der Waals surface area contributed by atoms with E-state index in [-0.39, 0.29) is 6.79 Å². The van der Waals surface area contributed by atoms with Gasteiger partial charge in [0.05, 0.1) is 6.10 Å². The lowest BCUT2D eigenvalue weighted by molar-refractivity contribution is 0.166. The molecule has 5 nitrogen and oxygen atoms in total. The van der Waals surface area contributed by atoms with Gasteiger partial charge in [-0.15, -0.1) is 0 Å². The summed E-state index contributed by atoms with van der Waals surface area (Å²) in [7, 11) is 0. The van der Waals surface area contributed by atoms with Crippen molar-refractivity contribution in [2.24, 2.45) is 0 Å². The van der Waals surface area contributed by atoms with Crippen LogP contribution in [0.15, 0.2) is 18.2 Å². The summed E-state index contributed by atoms with van der Waals surface area (Å²) < 4.78 is 10.6. The van der Waals surface area contributed by atoms with E-state index in [4.69, 9.17) is 9.47 Å². The summed E-state index contributed by atoms with van der Waals surface area (Å²) in [5, 5.41) is 13.6. The van der Waals surface area contributed by atoms with Crippen molar-refractivity contribution >= 4 is 0 Å². The normalized spacial score (nSPS) is 20.7. The first-order valence-corrected chi connectivity index (χ1v) is 7.76. The van der Waals surface area contributed by atoms with Gasteiger partial charge in [0, 0.05) is 19.1 Å². The molecule has 2 aliphatic heterocycles. The first kappa shape index (κ1) is 14.6. The molecule has 2 atom stereocenters. The number of hydrogen-bond donors (Lipinski definition) is 2. The number of aliphatic hydroxyl groups excluding tert-OH is 1. The number of nitrogens with one attached hydrogen (secondary N) is 1. The average molecular weight is 292 g/mol. The van der Waals surface area contributed by atoms with Gasteiger partial charge >= 0.3 is 0 Å². The number of likely N-dealkylation sites (tertiary alicyclic amines) is 1. The zero-order valence-corrected chi connectivity index (χ0v) is 12.5. The van der Waals surface area contributed by atoms with Crippen LogP contribution in [0.3, 0.4) is 0 Å². The highest BCUT2D eigenvalue weighted by Crippen LogP contribution is 2.34. The molecule has 0 aromatic heterocycles. The Morgan fingerprint density at radius 1 is 1.19 bits per heavy atom. The molecule has 1 aromatic carbocycles. The van der Waals surface area contributed by atoms with Crippen LogP contribution in [0.1, 0.15) is 31.4 Å². The maximum absolute atomic E-state index is 10.3. The van der Waals surface area contributed by atoms with Crippen LogP contribution < -0.4 is 14.8 Å². The summed E-state index contributed by atoms with van der Waals surface area (Å²) in [6.45, 7) is 6.37. The number of fused-ring (bicyclic) bond motifs is 1. The molecule has 0 spiro atoms. The van der Waals surface area contributed by atoms with Gasteiger partial charge in [-0.2, -0.15) is 0 Å². The lowest BCUT2D eigenvalue weighted by Crippen LogP contribution is -2.39. The standard InChI is InChI=1S/C16H24N2O3/c1-12(18-6-2-3-7-18)9-17-10-14(19)13-4-5-15-16(8-13)21-11-20-15/h4-5,8,12,14,17,19H,2-3,6-7,9-11H2,1H3. The number of rotatable bonds is 6. The van der Waals surface area contributed by atoms with E-state index in [2.05, 4.69) is 17.1 Å². The van der Waals surface area contributed by atoms with Gasteiger partial charge in [0.15, 0.2) is 11.5 Å². The van der Waals surface area contributed by atoms with Crippen molar-refractivity contribution in [1.82, 2.24) is 10.2 Å². The first-order valence-electron chi connectivity index (χ1n) is 7.76. The summed E-state index contributed by atoms with van der Waals surface area (Å²) in [5.74, 6) is 1.47. The summed E-state index contributed by atoms with van der Waals surface area (Å²) in [4.78, 5) is 2.50. The van der Waals surface area contributed by atoms with E-state index in [9.17, 15) is 5.11 Å². The van der Waals surface area contributed by atoms with E-state index in [0.717, 1.165) is 23.6 Å². The third kappa shape index (κ3) is 3.48. The Kier molecular flexibility index (Phi) is 4.63. The molecule has 5 heteroatoms. The molecule has 21 heavy (non-hydrogen) atoms. The summed E-state index contributed by atoms with van der Waals surface area (Å²) in [6, 6.07) is 6.13. The predicted molar refractivity (Wildman–Crippen MR) is 80.7 cm³/mol. The fraction of sp³-hybridized carbons (Fsp3) is 0.625. The first-order chi connectivity index (χ1) is 10.2. The van der Waals surface area contributed by atoms with Gasteiger partial charge in [-0.1, -0.05) is 6.07 Å². The molecule has 2 heterocycles. The largest absolute Gasteiger partial charge is 0.454 e. The number of benzene rings is 1. The van der Waals surface area contributed by atoms with Crippen LogP contribution >= 0.6 is 0 Å². The van der Waals surface area contributed by atoms with Crippen molar-refractivity contribution in [3.05, 3.63) is 23.8 Å². The van der Waals surface area contributed by atoms with Gasteiger partial charge in [0.1, 0.15) is 0 Å². The number of ether oxygens (including phenoxy) is 2. The van der Waals surface area contributed by atoms with Gasteiger partial charge in [0.25, 0.3) is 0 Å². The Morgan fingerprint density at radius 2 is 1.95 bits per heavy atom. The lowest BCUT2D eigenvalue weighted by Gasteiger charge is -2.24. The minimum absolute atomic E-state index is 0.264. The van der Waals surface area contributed by atoms with Gasteiger partial charge < -0.3 is 19.9 Å². The minimum Gasteiger partial charge on any atom is -0.454 e. The van der Waals surface area contributed by atoms with Crippen molar-refractivity contribution < 1.29 is 14.6 Å². The third-order valence-corrected chi connectivity index (χ3v) is 4.32. The van der Waals surface area contributed by atoms with Crippen LogP contribution in [0.25, 0.3) is 0 Å². The molecule has 0 radical (unpaired) electrons. The van der Waals surface area contributed by atoms with Gasteiger partial charge in [-0.25, -0.2) is 0 Å². The Morgan fingerprint density at radius 3 is 2.76 bits per heavy atom. The second-order valence-electron chi connectivity index (χ2n) is 5.88. The Labute approximate surface area is 125 Å². The SMILES string of the molecule is CC(CNCC(O)c1ccc2c(c1)OCO2)N1CCCC1. The van der Waals surface area contributed by atoms with Gasteiger partial charge in [-0.3, -0.25) is 4.90 Å². The molecule has 3 rings (SSSR count). The molecule has 0 saturated carbocycles. The number of nitrogens with zero attached hydrogens (tertiary/aromatic N) is 1. The predicted octanol–water partition coefficient (Wildman–Crippen LogP) is 1.52. The van der Waals surface area contributed by atoms with Crippen molar-refractivity contribution in [1.29, 1.82) is 0 Å². The molecule has 1 saturated heterocycles. The highest BCUT2D eigenvalue weighted by Gasteiger charge is 2.19. The monoisotopic (exact) mass is 292 g/mol. The van der Waals surface area contributed by atoms with Crippen molar-refractivity contribution in [2.45, 2.75) is 31.9 Å². The van der Waals surface area contributed by atoms with E-state index in [1.165, 1.54) is 25.9 Å². The van der Waals surface area contributed by atoms with E-state index in [1.54, 1.807) is 0 Å². The van der Waals surface area contributed by atoms with Crippen LogP contribution in [0.5, 0.6) is 11.5 Å².